The van der Waals surface area contributed by atoms with Gasteiger partial charge in [-0.05, 0) is 54.7 Å². The van der Waals surface area contributed by atoms with Crippen LogP contribution in [0.1, 0.15) is 48.9 Å². The molecule has 31 heavy (non-hydrogen) atoms. The van der Waals surface area contributed by atoms with Gasteiger partial charge < -0.3 is 19.9 Å². The van der Waals surface area contributed by atoms with E-state index in [1.165, 1.54) is 21.6 Å². The number of rotatable bonds is 6. The molecule has 5 heteroatoms. The number of nitrogens with one attached hydrogen (secondary N) is 3. The highest BCUT2D eigenvalue weighted by molar-refractivity contribution is 5.95. The zero-order valence-corrected chi connectivity index (χ0v) is 19.4. The Bertz CT molecular complexity index is 932. The van der Waals surface area contributed by atoms with Crippen molar-refractivity contribution in [1.82, 2.24) is 0 Å². The van der Waals surface area contributed by atoms with Crippen LogP contribution in [-0.4, -0.2) is 44.7 Å². The lowest BCUT2D eigenvalue weighted by molar-refractivity contribution is -1.02. The Morgan fingerprint density at radius 3 is 2.61 bits per heavy atom. The van der Waals surface area contributed by atoms with Crippen molar-refractivity contribution in [2.45, 2.75) is 52.6 Å². The van der Waals surface area contributed by atoms with E-state index >= 15 is 0 Å². The van der Waals surface area contributed by atoms with Crippen molar-refractivity contribution < 1.29 is 19.3 Å². The second-order valence-corrected chi connectivity index (χ2v) is 9.53. The van der Waals surface area contributed by atoms with Gasteiger partial charge in [0.1, 0.15) is 38.5 Å². The third-order valence-corrected chi connectivity index (χ3v) is 6.99. The lowest BCUT2D eigenvalue weighted by atomic mass is 9.98. The summed E-state index contributed by atoms with van der Waals surface area (Å²) in [6, 6.07) is 12.9. The van der Waals surface area contributed by atoms with Gasteiger partial charge in [0.25, 0.3) is 5.91 Å². The van der Waals surface area contributed by atoms with Crippen molar-refractivity contribution in [2.24, 2.45) is 0 Å². The van der Waals surface area contributed by atoms with Crippen LogP contribution in [0.4, 0.5) is 5.69 Å². The van der Waals surface area contributed by atoms with Gasteiger partial charge >= 0.3 is 0 Å². The molecule has 2 aliphatic heterocycles. The van der Waals surface area contributed by atoms with Crippen LogP contribution in [0.15, 0.2) is 36.4 Å². The number of para-hydroxylation sites is 1. The number of hydrogen-bond donors (Lipinski definition) is 3. The number of hydrogen-bond acceptors (Lipinski definition) is 2. The average molecular weight is 424 g/mol. The molecular formula is C26H37N3O2+2. The minimum absolute atomic E-state index is 0.0432. The van der Waals surface area contributed by atoms with E-state index in [0.717, 1.165) is 62.8 Å². The molecule has 1 amide bonds. The van der Waals surface area contributed by atoms with Gasteiger partial charge in [0.2, 0.25) is 0 Å². The summed E-state index contributed by atoms with van der Waals surface area (Å²) in [6.07, 6.45) is 1.03. The van der Waals surface area contributed by atoms with Gasteiger partial charge in [0.05, 0.1) is 6.61 Å². The van der Waals surface area contributed by atoms with E-state index in [0.29, 0.717) is 5.92 Å². The zero-order chi connectivity index (χ0) is 22.0. The Balaban J connectivity index is 1.32. The van der Waals surface area contributed by atoms with E-state index < -0.39 is 0 Å². The molecule has 1 atom stereocenters. The molecule has 3 N–H and O–H groups in total. The predicted octanol–water partition coefficient (Wildman–Crippen LogP) is 1.36. The van der Waals surface area contributed by atoms with Crippen molar-refractivity contribution in [1.29, 1.82) is 0 Å². The van der Waals surface area contributed by atoms with Crippen molar-refractivity contribution in [3.05, 3.63) is 58.7 Å². The molecule has 2 aliphatic rings. The topological polar surface area (TPSA) is 47.2 Å². The highest BCUT2D eigenvalue weighted by Crippen LogP contribution is 2.27. The third-order valence-electron chi connectivity index (χ3n) is 6.99. The van der Waals surface area contributed by atoms with Gasteiger partial charge in [-0.25, -0.2) is 0 Å². The van der Waals surface area contributed by atoms with Gasteiger partial charge in [-0.2, -0.15) is 0 Å². The zero-order valence-electron chi connectivity index (χ0n) is 19.4. The molecule has 0 unspecified atom stereocenters. The number of carbonyl (C=O) groups is 1. The Morgan fingerprint density at radius 1 is 1.10 bits per heavy atom. The Hall–Kier alpha value is -2.37. The fraction of sp³-hybridized carbons (Fsp3) is 0.500. The normalized spacial score (nSPS) is 21.5. The number of ether oxygens (including phenoxy) is 1. The first kappa shape index (κ1) is 21.8. The second-order valence-electron chi connectivity index (χ2n) is 9.53. The molecule has 166 valence electrons. The summed E-state index contributed by atoms with van der Waals surface area (Å²) < 4.78 is 5.63. The van der Waals surface area contributed by atoms with Crippen LogP contribution in [-0.2, 0) is 17.8 Å². The first-order chi connectivity index (χ1) is 14.9. The van der Waals surface area contributed by atoms with Crippen LogP contribution in [0.25, 0.3) is 0 Å². The van der Waals surface area contributed by atoms with Gasteiger partial charge in [0.15, 0.2) is 6.04 Å². The molecule has 0 bridgehead atoms. The molecule has 2 heterocycles. The molecule has 5 nitrogen and oxygen atoms in total. The molecule has 2 aromatic carbocycles. The van der Waals surface area contributed by atoms with Gasteiger partial charge in [-0.15, -0.1) is 0 Å². The Kier molecular flexibility index (Phi) is 6.63. The van der Waals surface area contributed by atoms with Crippen LogP contribution in [0.3, 0.4) is 0 Å². The van der Waals surface area contributed by atoms with Gasteiger partial charge in [-0.1, -0.05) is 32.0 Å². The monoisotopic (exact) mass is 423 g/mol. The number of fused-ring (bicyclic) bond motifs is 1. The molecule has 0 saturated carbocycles. The minimum Gasteiger partial charge on any atom is -0.493 e. The maximum atomic E-state index is 13.1. The standard InChI is InChI=1S/C26H35N3O2/c1-18(2)23-7-5-6-19(3)25(23)27-26(30)20(4)29-13-11-28(12-14-29)17-21-8-9-24-22(16-21)10-15-31-24/h5-9,16,18,20H,10-15,17H2,1-4H3,(H,27,30)/p+2/t20-/m1/s1. The molecule has 0 aromatic heterocycles. The SMILES string of the molecule is Cc1cccc(C(C)C)c1NC(=O)[C@@H](C)[NH+]1CC[NH+](Cc2ccc3c(c2)CCO3)CC1. The molecule has 2 aromatic rings. The maximum absolute atomic E-state index is 13.1. The number of piperazine rings is 1. The van der Waals surface area contributed by atoms with Crippen LogP contribution in [0.2, 0.25) is 0 Å². The molecule has 0 radical (unpaired) electrons. The third kappa shape index (κ3) is 4.94. The van der Waals surface area contributed by atoms with Crippen LogP contribution >= 0.6 is 0 Å². The highest BCUT2D eigenvalue weighted by Gasteiger charge is 2.31. The summed E-state index contributed by atoms with van der Waals surface area (Å²) >= 11 is 0. The summed E-state index contributed by atoms with van der Waals surface area (Å²) in [6.45, 7) is 14.6. The lowest BCUT2D eigenvalue weighted by Gasteiger charge is -2.33. The van der Waals surface area contributed by atoms with E-state index in [-0.39, 0.29) is 11.9 Å². The van der Waals surface area contributed by atoms with E-state index in [9.17, 15) is 4.79 Å². The van der Waals surface area contributed by atoms with Gasteiger partial charge in [0, 0.05) is 17.7 Å². The van der Waals surface area contributed by atoms with E-state index in [2.05, 4.69) is 69.4 Å². The van der Waals surface area contributed by atoms with Crippen molar-refractivity contribution in [3.8, 4) is 5.75 Å². The summed E-state index contributed by atoms with van der Waals surface area (Å²) in [7, 11) is 0. The largest absolute Gasteiger partial charge is 0.493 e. The highest BCUT2D eigenvalue weighted by atomic mass is 16.5. The van der Waals surface area contributed by atoms with Gasteiger partial charge in [-0.3, -0.25) is 4.79 Å². The first-order valence-electron chi connectivity index (χ1n) is 11.8. The molecule has 4 rings (SSSR count). The number of quaternary nitrogens is 2. The quantitative estimate of drug-likeness (QED) is 0.657. The fourth-order valence-corrected chi connectivity index (χ4v) is 4.93. The number of aryl methyl sites for hydroxylation is 1. The minimum atomic E-state index is -0.0432. The maximum Gasteiger partial charge on any atom is 0.282 e. The van der Waals surface area contributed by atoms with Crippen molar-refractivity contribution >= 4 is 11.6 Å². The predicted molar refractivity (Wildman–Crippen MR) is 124 cm³/mol. The van der Waals surface area contributed by atoms with Crippen LogP contribution < -0.4 is 19.9 Å². The lowest BCUT2D eigenvalue weighted by Crippen LogP contribution is -3.29. The molecular weight excluding hydrogens is 386 g/mol. The van der Waals surface area contributed by atoms with E-state index in [4.69, 9.17) is 4.74 Å². The Morgan fingerprint density at radius 2 is 1.87 bits per heavy atom. The number of benzene rings is 2. The van der Waals surface area contributed by atoms with Crippen molar-refractivity contribution in [3.63, 3.8) is 0 Å². The molecule has 0 aliphatic carbocycles. The fourth-order valence-electron chi connectivity index (χ4n) is 4.93. The number of anilines is 1. The van der Waals surface area contributed by atoms with E-state index in [1.54, 1.807) is 4.90 Å². The van der Waals surface area contributed by atoms with Crippen molar-refractivity contribution in [2.75, 3.05) is 38.1 Å². The Labute approximate surface area is 186 Å². The van der Waals surface area contributed by atoms with E-state index in [1.807, 2.05) is 0 Å². The summed E-state index contributed by atoms with van der Waals surface area (Å²) in [5.41, 5.74) is 6.09. The average Bonchev–Trinajstić information content (AvgIpc) is 3.23. The smallest absolute Gasteiger partial charge is 0.282 e. The molecule has 1 saturated heterocycles. The molecule has 1 fully saturated rings. The summed E-state index contributed by atoms with van der Waals surface area (Å²) in [5, 5.41) is 3.25. The van der Waals surface area contributed by atoms with Crippen LogP contribution in [0.5, 0.6) is 5.75 Å². The number of amides is 1. The summed E-state index contributed by atoms with van der Waals surface area (Å²) in [4.78, 5) is 16.1. The second kappa shape index (κ2) is 9.41. The number of carbonyl (C=O) groups excluding carboxylic acids is 1. The van der Waals surface area contributed by atoms with Crippen LogP contribution in [0, 0.1) is 6.92 Å². The first-order valence-corrected chi connectivity index (χ1v) is 11.8. The summed E-state index contributed by atoms with van der Waals surface area (Å²) in [5.74, 6) is 1.58. The molecule has 0 spiro atoms.